The minimum absolute atomic E-state index is 0.217. The van der Waals surface area contributed by atoms with Crippen molar-refractivity contribution in [1.29, 1.82) is 0 Å². The smallest absolute Gasteiger partial charge is 0.248 e. The summed E-state index contributed by atoms with van der Waals surface area (Å²) in [6, 6.07) is 20.6. The Balaban J connectivity index is 1.76. The van der Waals surface area contributed by atoms with Gasteiger partial charge in [-0.05, 0) is 48.4 Å². The second-order valence-corrected chi connectivity index (χ2v) is 6.87. The highest BCUT2D eigenvalue weighted by Crippen LogP contribution is 2.33. The van der Waals surface area contributed by atoms with Crippen molar-refractivity contribution in [2.24, 2.45) is 0 Å². The number of hydrogen-bond donors (Lipinski definition) is 1. The van der Waals surface area contributed by atoms with Crippen molar-refractivity contribution in [2.45, 2.75) is 13.5 Å². The zero-order valence-electron chi connectivity index (χ0n) is 16.3. The van der Waals surface area contributed by atoms with Crippen molar-refractivity contribution in [2.75, 3.05) is 12.4 Å². The summed E-state index contributed by atoms with van der Waals surface area (Å²) in [6.45, 7) is 2.30. The molecule has 4 nitrogen and oxygen atoms in total. The van der Waals surface area contributed by atoms with Crippen LogP contribution in [0, 0.1) is 6.92 Å². The lowest BCUT2D eigenvalue weighted by atomic mass is 10.1. The number of halogens is 1. The first-order valence-electron chi connectivity index (χ1n) is 9.16. The highest BCUT2D eigenvalue weighted by molar-refractivity contribution is 6.30. The highest BCUT2D eigenvalue weighted by atomic mass is 35.5. The molecule has 3 aromatic rings. The van der Waals surface area contributed by atoms with Gasteiger partial charge in [0.05, 0.1) is 7.11 Å². The van der Waals surface area contributed by atoms with Crippen LogP contribution in [0.5, 0.6) is 11.5 Å². The number of nitrogens with one attached hydrogen (secondary N) is 1. The number of carbonyl (C=O) groups is 1. The molecular formula is C24H22ClNO3. The molecule has 0 bridgehead atoms. The molecule has 3 aromatic carbocycles. The molecule has 0 unspecified atom stereocenters. The number of aryl methyl sites for hydroxylation is 1. The maximum absolute atomic E-state index is 12.3. The van der Waals surface area contributed by atoms with E-state index in [4.69, 9.17) is 21.1 Å². The molecular weight excluding hydrogens is 386 g/mol. The summed E-state index contributed by atoms with van der Waals surface area (Å²) < 4.78 is 11.4. The molecule has 3 rings (SSSR count). The summed E-state index contributed by atoms with van der Waals surface area (Å²) >= 11 is 5.93. The number of carbonyl (C=O) groups excluding carboxylic acids is 1. The van der Waals surface area contributed by atoms with Crippen LogP contribution in [0.25, 0.3) is 6.08 Å². The lowest BCUT2D eigenvalue weighted by molar-refractivity contribution is -0.111. The molecule has 0 saturated carbocycles. The van der Waals surface area contributed by atoms with Crippen molar-refractivity contribution < 1.29 is 14.3 Å². The van der Waals surface area contributed by atoms with Crippen LogP contribution in [0.4, 0.5) is 5.69 Å². The molecule has 29 heavy (non-hydrogen) atoms. The number of anilines is 1. The highest BCUT2D eigenvalue weighted by Gasteiger charge is 2.10. The van der Waals surface area contributed by atoms with E-state index in [0.717, 1.165) is 22.4 Å². The molecule has 0 radical (unpaired) electrons. The van der Waals surface area contributed by atoms with Gasteiger partial charge in [0, 0.05) is 22.3 Å². The van der Waals surface area contributed by atoms with Crippen LogP contribution in [0.2, 0.25) is 5.02 Å². The largest absolute Gasteiger partial charge is 0.493 e. The number of hydrogen-bond acceptors (Lipinski definition) is 3. The van der Waals surface area contributed by atoms with E-state index < -0.39 is 0 Å². The second-order valence-electron chi connectivity index (χ2n) is 6.43. The SMILES string of the molecule is COc1cccc(/C=C/C(=O)Nc2ccccc2C)c1OCc1ccc(Cl)cc1. The summed E-state index contributed by atoms with van der Waals surface area (Å²) in [4.78, 5) is 12.3. The number of ether oxygens (including phenoxy) is 2. The lowest BCUT2D eigenvalue weighted by Gasteiger charge is -2.13. The molecule has 0 saturated heterocycles. The fourth-order valence-corrected chi connectivity index (χ4v) is 2.89. The maximum Gasteiger partial charge on any atom is 0.248 e. The monoisotopic (exact) mass is 407 g/mol. The van der Waals surface area contributed by atoms with E-state index in [9.17, 15) is 4.79 Å². The van der Waals surface area contributed by atoms with Crippen molar-refractivity contribution in [3.8, 4) is 11.5 Å². The molecule has 5 heteroatoms. The van der Waals surface area contributed by atoms with Crippen LogP contribution in [0.3, 0.4) is 0 Å². The van der Waals surface area contributed by atoms with Crippen molar-refractivity contribution in [3.05, 3.63) is 94.5 Å². The van der Waals surface area contributed by atoms with Crippen LogP contribution in [0.1, 0.15) is 16.7 Å². The molecule has 0 aliphatic rings. The Bertz CT molecular complexity index is 1010. The van der Waals surface area contributed by atoms with Crippen LogP contribution in [-0.2, 0) is 11.4 Å². The molecule has 148 valence electrons. The summed E-state index contributed by atoms with van der Waals surface area (Å²) in [5.74, 6) is 0.955. The standard InChI is InChI=1S/C24H22ClNO3/c1-17-6-3-4-8-21(17)26-23(27)15-12-19-7-5-9-22(28-2)24(19)29-16-18-10-13-20(25)14-11-18/h3-15H,16H2,1-2H3,(H,26,27)/b15-12+. The van der Waals surface area contributed by atoms with E-state index in [1.165, 1.54) is 6.08 Å². The zero-order chi connectivity index (χ0) is 20.6. The van der Waals surface area contributed by atoms with Crippen LogP contribution >= 0.6 is 11.6 Å². The Kier molecular flexibility index (Phi) is 6.93. The topological polar surface area (TPSA) is 47.6 Å². The van der Waals surface area contributed by atoms with Gasteiger partial charge >= 0.3 is 0 Å². The summed E-state index contributed by atoms with van der Waals surface area (Å²) in [7, 11) is 1.59. The predicted octanol–water partition coefficient (Wildman–Crippen LogP) is 5.89. The van der Waals surface area contributed by atoms with E-state index in [2.05, 4.69) is 5.32 Å². The quantitative estimate of drug-likeness (QED) is 0.497. The van der Waals surface area contributed by atoms with E-state index in [0.29, 0.717) is 23.1 Å². The van der Waals surface area contributed by atoms with Gasteiger partial charge in [0.25, 0.3) is 0 Å². The Morgan fingerprint density at radius 3 is 2.52 bits per heavy atom. The Labute approximate surface area is 175 Å². The first kappa shape index (κ1) is 20.5. The average molecular weight is 408 g/mol. The van der Waals surface area contributed by atoms with Crippen LogP contribution in [-0.4, -0.2) is 13.0 Å². The van der Waals surface area contributed by atoms with Crippen molar-refractivity contribution in [3.63, 3.8) is 0 Å². The van der Waals surface area contributed by atoms with Gasteiger partial charge in [0.2, 0.25) is 5.91 Å². The molecule has 0 fully saturated rings. The molecule has 0 heterocycles. The van der Waals surface area contributed by atoms with Gasteiger partial charge in [-0.3, -0.25) is 4.79 Å². The third-order valence-electron chi connectivity index (χ3n) is 4.34. The fraction of sp³-hybridized carbons (Fsp3) is 0.125. The third kappa shape index (κ3) is 5.62. The normalized spacial score (nSPS) is 10.7. The maximum atomic E-state index is 12.3. The summed E-state index contributed by atoms with van der Waals surface area (Å²) in [6.07, 6.45) is 3.20. The molecule has 1 amide bonds. The number of para-hydroxylation sites is 2. The Morgan fingerprint density at radius 1 is 1.03 bits per heavy atom. The molecule has 0 atom stereocenters. The van der Waals surface area contributed by atoms with Gasteiger partial charge in [-0.2, -0.15) is 0 Å². The zero-order valence-corrected chi connectivity index (χ0v) is 17.1. The van der Waals surface area contributed by atoms with Gasteiger partial charge in [-0.25, -0.2) is 0 Å². The number of amides is 1. The van der Waals surface area contributed by atoms with Gasteiger partial charge in [0.15, 0.2) is 11.5 Å². The third-order valence-corrected chi connectivity index (χ3v) is 4.59. The number of rotatable bonds is 7. The summed E-state index contributed by atoms with van der Waals surface area (Å²) in [5.41, 5.74) is 3.51. The molecule has 0 aliphatic heterocycles. The molecule has 0 spiro atoms. The predicted molar refractivity (Wildman–Crippen MR) is 118 cm³/mol. The number of methoxy groups -OCH3 is 1. The Hall–Kier alpha value is -3.24. The average Bonchev–Trinajstić information content (AvgIpc) is 2.73. The van der Waals surface area contributed by atoms with Gasteiger partial charge in [0.1, 0.15) is 6.61 Å². The first-order valence-corrected chi connectivity index (χ1v) is 9.53. The minimum atomic E-state index is -0.217. The Morgan fingerprint density at radius 2 is 1.79 bits per heavy atom. The molecule has 0 aromatic heterocycles. The van der Waals surface area contributed by atoms with Gasteiger partial charge in [-0.1, -0.05) is 54.1 Å². The first-order chi connectivity index (χ1) is 14.1. The van der Waals surface area contributed by atoms with E-state index in [1.54, 1.807) is 13.2 Å². The summed E-state index contributed by atoms with van der Waals surface area (Å²) in [5, 5.41) is 3.56. The van der Waals surface area contributed by atoms with E-state index >= 15 is 0 Å². The number of benzene rings is 3. The van der Waals surface area contributed by atoms with Gasteiger partial charge < -0.3 is 14.8 Å². The van der Waals surface area contributed by atoms with E-state index in [1.807, 2.05) is 73.7 Å². The van der Waals surface area contributed by atoms with Crippen molar-refractivity contribution in [1.82, 2.24) is 0 Å². The van der Waals surface area contributed by atoms with Crippen molar-refractivity contribution >= 4 is 29.3 Å². The van der Waals surface area contributed by atoms with Crippen LogP contribution < -0.4 is 14.8 Å². The van der Waals surface area contributed by atoms with E-state index in [-0.39, 0.29) is 5.91 Å². The van der Waals surface area contributed by atoms with Gasteiger partial charge in [-0.15, -0.1) is 0 Å². The fourth-order valence-electron chi connectivity index (χ4n) is 2.77. The van der Waals surface area contributed by atoms with Crippen LogP contribution in [0.15, 0.2) is 72.8 Å². The minimum Gasteiger partial charge on any atom is -0.493 e. The molecule has 1 N–H and O–H groups in total. The second kappa shape index (κ2) is 9.80. The molecule has 0 aliphatic carbocycles. The lowest BCUT2D eigenvalue weighted by Crippen LogP contribution is -2.08.